The topological polar surface area (TPSA) is 37.3 Å². The van der Waals surface area contributed by atoms with Crippen LogP contribution in [0.15, 0.2) is 48.5 Å². The van der Waals surface area contributed by atoms with E-state index in [1.807, 2.05) is 0 Å². The molecule has 0 aliphatic carbocycles. The number of carbonyl (C=O) groups excluding carboxylic acids is 1. The van der Waals surface area contributed by atoms with Crippen molar-refractivity contribution in [3.63, 3.8) is 0 Å². The summed E-state index contributed by atoms with van der Waals surface area (Å²) in [4.78, 5) is 10.9. The predicted octanol–water partition coefficient (Wildman–Crippen LogP) is 4.82. The molecule has 0 aromatic heterocycles. The minimum atomic E-state index is -0.495. The van der Waals surface area contributed by atoms with Crippen LogP contribution in [0.2, 0.25) is 5.02 Å². The van der Waals surface area contributed by atoms with Crippen LogP contribution < -0.4 is 0 Å². The fourth-order valence-electron chi connectivity index (χ4n) is 2.31. The number of aromatic hydroxyl groups is 1. The number of hydrogen-bond acceptors (Lipinski definition) is 2. The third kappa shape index (κ3) is 2.36. The molecule has 0 heterocycles. The highest BCUT2D eigenvalue weighted by Gasteiger charge is 2.09. The van der Waals surface area contributed by atoms with Gasteiger partial charge >= 0.3 is 0 Å². The molecule has 0 bridgehead atoms. The lowest BCUT2D eigenvalue weighted by Crippen LogP contribution is -1.87. The molecule has 104 valence electrons. The Hall–Kier alpha value is -2.39. The zero-order chi connectivity index (χ0) is 15.0. The van der Waals surface area contributed by atoms with E-state index in [4.69, 9.17) is 11.6 Å². The average molecular weight is 301 g/mol. The fraction of sp³-hybridized carbons (Fsp3) is 0. The van der Waals surface area contributed by atoms with Gasteiger partial charge in [0.1, 0.15) is 11.6 Å². The van der Waals surface area contributed by atoms with Crippen LogP contribution in [0.25, 0.3) is 21.9 Å². The molecular formula is C17H10ClFO2. The second-order valence-electron chi connectivity index (χ2n) is 4.69. The van der Waals surface area contributed by atoms with Crippen LogP contribution in [-0.4, -0.2) is 11.4 Å². The summed E-state index contributed by atoms with van der Waals surface area (Å²) < 4.78 is 13.9. The molecule has 0 fully saturated rings. The van der Waals surface area contributed by atoms with Crippen LogP contribution in [0, 0.1) is 5.82 Å². The van der Waals surface area contributed by atoms with E-state index in [1.54, 1.807) is 30.3 Å². The van der Waals surface area contributed by atoms with Gasteiger partial charge in [-0.3, -0.25) is 4.79 Å². The predicted molar refractivity (Wildman–Crippen MR) is 81.4 cm³/mol. The van der Waals surface area contributed by atoms with E-state index in [9.17, 15) is 14.3 Å². The zero-order valence-corrected chi connectivity index (χ0v) is 11.6. The Kier molecular flexibility index (Phi) is 3.35. The summed E-state index contributed by atoms with van der Waals surface area (Å²) in [7, 11) is 0. The number of halogens is 2. The molecule has 4 heteroatoms. The number of phenolic OH excluding ortho intramolecular Hbond substituents is 1. The Morgan fingerprint density at radius 2 is 1.86 bits per heavy atom. The molecule has 1 N–H and O–H groups in total. The average Bonchev–Trinajstić information content (AvgIpc) is 2.47. The molecule has 3 aromatic rings. The van der Waals surface area contributed by atoms with Gasteiger partial charge in [-0.2, -0.15) is 0 Å². The molecule has 0 atom stereocenters. The monoisotopic (exact) mass is 300 g/mol. The highest BCUT2D eigenvalue weighted by molar-refractivity contribution is 6.37. The fourth-order valence-corrected chi connectivity index (χ4v) is 2.59. The Morgan fingerprint density at radius 3 is 2.57 bits per heavy atom. The Balaban J connectivity index is 2.20. The lowest BCUT2D eigenvalue weighted by molar-refractivity contribution is 0.112. The third-order valence-corrected chi connectivity index (χ3v) is 3.80. The number of aldehydes is 1. The van der Waals surface area contributed by atoms with E-state index >= 15 is 0 Å². The maximum atomic E-state index is 13.9. The van der Waals surface area contributed by atoms with Gasteiger partial charge in [0.05, 0.1) is 5.02 Å². The maximum absolute atomic E-state index is 13.9. The van der Waals surface area contributed by atoms with E-state index in [0.29, 0.717) is 28.0 Å². The van der Waals surface area contributed by atoms with Crippen molar-refractivity contribution in [2.24, 2.45) is 0 Å². The van der Waals surface area contributed by atoms with Gasteiger partial charge in [0.2, 0.25) is 0 Å². The first-order chi connectivity index (χ1) is 10.1. The van der Waals surface area contributed by atoms with Crippen LogP contribution >= 0.6 is 11.6 Å². The van der Waals surface area contributed by atoms with E-state index in [0.717, 1.165) is 16.8 Å². The van der Waals surface area contributed by atoms with Crippen molar-refractivity contribution >= 4 is 28.7 Å². The number of hydrogen-bond donors (Lipinski definition) is 1. The van der Waals surface area contributed by atoms with Crippen LogP contribution in [0.1, 0.15) is 10.4 Å². The Morgan fingerprint density at radius 1 is 1.05 bits per heavy atom. The molecule has 21 heavy (non-hydrogen) atoms. The first kappa shape index (κ1) is 13.6. The van der Waals surface area contributed by atoms with Gasteiger partial charge in [-0.1, -0.05) is 29.8 Å². The van der Waals surface area contributed by atoms with Crippen LogP contribution in [-0.2, 0) is 0 Å². The minimum absolute atomic E-state index is 0.115. The van der Waals surface area contributed by atoms with Crippen molar-refractivity contribution < 1.29 is 14.3 Å². The molecule has 3 aromatic carbocycles. The minimum Gasteiger partial charge on any atom is -0.508 e. The van der Waals surface area contributed by atoms with E-state index in [-0.39, 0.29) is 5.75 Å². The van der Waals surface area contributed by atoms with Gasteiger partial charge in [0.15, 0.2) is 6.29 Å². The second-order valence-corrected chi connectivity index (χ2v) is 5.06. The molecule has 3 rings (SSSR count). The third-order valence-electron chi connectivity index (χ3n) is 3.37. The number of phenols is 1. The molecule has 0 radical (unpaired) electrons. The van der Waals surface area contributed by atoms with Crippen molar-refractivity contribution in [3.05, 3.63) is 64.9 Å². The number of benzene rings is 3. The first-order valence-corrected chi connectivity index (χ1v) is 6.64. The summed E-state index contributed by atoms with van der Waals surface area (Å²) in [6.07, 6.45) is 0.704. The van der Waals surface area contributed by atoms with E-state index < -0.39 is 5.82 Å². The highest BCUT2D eigenvalue weighted by Crippen LogP contribution is 2.32. The summed E-state index contributed by atoms with van der Waals surface area (Å²) in [5.74, 6) is -0.610. The number of fused-ring (bicyclic) bond motifs is 1. The van der Waals surface area contributed by atoms with Gasteiger partial charge in [0.25, 0.3) is 0 Å². The van der Waals surface area contributed by atoms with Crippen molar-refractivity contribution in [1.29, 1.82) is 0 Å². The molecule has 0 amide bonds. The summed E-state index contributed by atoms with van der Waals surface area (Å²) in [5.41, 5.74) is 1.49. The Labute approximate surface area is 125 Å². The van der Waals surface area contributed by atoms with Crippen LogP contribution in [0.3, 0.4) is 0 Å². The molecule has 0 saturated heterocycles. The smallest absolute Gasteiger partial charge is 0.151 e. The summed E-state index contributed by atoms with van der Waals surface area (Å²) >= 11 is 6.15. The number of rotatable bonds is 2. The van der Waals surface area contributed by atoms with Gasteiger partial charge in [-0.25, -0.2) is 4.39 Å². The van der Waals surface area contributed by atoms with Gasteiger partial charge in [0, 0.05) is 22.6 Å². The van der Waals surface area contributed by atoms with Gasteiger partial charge < -0.3 is 5.11 Å². The van der Waals surface area contributed by atoms with Crippen LogP contribution in [0.5, 0.6) is 5.75 Å². The first-order valence-electron chi connectivity index (χ1n) is 6.26. The van der Waals surface area contributed by atoms with Crippen molar-refractivity contribution in [3.8, 4) is 16.9 Å². The number of carbonyl (C=O) groups is 1. The molecule has 0 aliphatic rings. The van der Waals surface area contributed by atoms with Crippen molar-refractivity contribution in [2.45, 2.75) is 0 Å². The van der Waals surface area contributed by atoms with E-state index in [2.05, 4.69) is 0 Å². The summed E-state index contributed by atoms with van der Waals surface area (Å²) in [6, 6.07) is 12.7. The molecule has 0 spiro atoms. The molecular weight excluding hydrogens is 291 g/mol. The van der Waals surface area contributed by atoms with Crippen molar-refractivity contribution in [2.75, 3.05) is 0 Å². The van der Waals surface area contributed by atoms with E-state index in [1.165, 1.54) is 12.1 Å². The molecule has 0 aliphatic heterocycles. The lowest BCUT2D eigenvalue weighted by Gasteiger charge is -2.08. The second kappa shape index (κ2) is 5.19. The SMILES string of the molecule is O=Cc1ccc2cc(-c3ccc(O)cc3F)ccc2c1Cl. The summed E-state index contributed by atoms with van der Waals surface area (Å²) in [5, 5.41) is 11.2. The largest absolute Gasteiger partial charge is 0.508 e. The van der Waals surface area contributed by atoms with Crippen molar-refractivity contribution in [1.82, 2.24) is 0 Å². The lowest BCUT2D eigenvalue weighted by atomic mass is 9.99. The highest BCUT2D eigenvalue weighted by atomic mass is 35.5. The molecule has 2 nitrogen and oxygen atoms in total. The molecule has 0 saturated carbocycles. The standard InChI is InChI=1S/C17H10ClFO2/c18-17-12(9-20)2-1-11-7-10(3-5-15(11)17)14-6-4-13(21)8-16(14)19/h1-9,21H. The molecule has 0 unspecified atom stereocenters. The van der Waals surface area contributed by atoms with Gasteiger partial charge in [-0.15, -0.1) is 0 Å². The van der Waals surface area contributed by atoms with Crippen LogP contribution in [0.4, 0.5) is 4.39 Å². The summed E-state index contributed by atoms with van der Waals surface area (Å²) in [6.45, 7) is 0. The zero-order valence-electron chi connectivity index (χ0n) is 10.8. The quantitative estimate of drug-likeness (QED) is 0.689. The van der Waals surface area contributed by atoms with Gasteiger partial charge in [-0.05, 0) is 35.2 Å². The maximum Gasteiger partial charge on any atom is 0.151 e. The normalized spacial score (nSPS) is 10.8. The Bertz CT molecular complexity index is 859.